The molecule has 2 heterocycles. The number of hydrogen-bond donors (Lipinski definition) is 0. The van der Waals surface area contributed by atoms with Crippen LogP contribution in [0.25, 0.3) is 0 Å². The van der Waals surface area contributed by atoms with Crippen LogP contribution in [0.3, 0.4) is 0 Å². The molecule has 1 fully saturated rings. The summed E-state index contributed by atoms with van der Waals surface area (Å²) in [5.74, 6) is 0.192. The first-order valence-electron chi connectivity index (χ1n) is 8.19. The van der Waals surface area contributed by atoms with E-state index < -0.39 is 0 Å². The third kappa shape index (κ3) is 4.65. The van der Waals surface area contributed by atoms with Gasteiger partial charge in [-0.15, -0.1) is 0 Å². The quantitative estimate of drug-likeness (QED) is 0.581. The van der Waals surface area contributed by atoms with Crippen molar-refractivity contribution in [1.29, 1.82) is 0 Å². The number of benzene rings is 1. The molecule has 1 aliphatic heterocycles. The number of pyridine rings is 1. The molecule has 0 unspecified atom stereocenters. The Morgan fingerprint density at radius 1 is 1.17 bits per heavy atom. The van der Waals surface area contributed by atoms with Crippen LogP contribution in [0.5, 0.6) is 0 Å². The van der Waals surface area contributed by atoms with E-state index in [9.17, 15) is 4.79 Å². The Balaban J connectivity index is 1.66. The average molecular weight is 323 g/mol. The molecule has 0 spiro atoms. The molecular formula is C19H21N3O2. The minimum Gasteiger partial charge on any atom is -0.391 e. The number of amides is 1. The normalized spacial score (nSPS) is 14.9. The molecule has 1 saturated heterocycles. The topological polar surface area (TPSA) is 54.8 Å². The number of carbonyl (C=O) groups excluding carboxylic acids is 1. The van der Waals surface area contributed by atoms with E-state index >= 15 is 0 Å². The molecule has 1 amide bonds. The molecule has 0 bridgehead atoms. The van der Waals surface area contributed by atoms with Gasteiger partial charge in [0.25, 0.3) is 0 Å². The van der Waals surface area contributed by atoms with E-state index in [-0.39, 0.29) is 5.91 Å². The first-order valence-corrected chi connectivity index (χ1v) is 8.19. The van der Waals surface area contributed by atoms with Crippen LogP contribution in [0.1, 0.15) is 24.0 Å². The summed E-state index contributed by atoms with van der Waals surface area (Å²) < 4.78 is 0. The molecule has 1 aliphatic rings. The lowest BCUT2D eigenvalue weighted by Gasteiger charge is -2.17. The van der Waals surface area contributed by atoms with Crippen molar-refractivity contribution in [3.05, 3.63) is 66.0 Å². The van der Waals surface area contributed by atoms with Gasteiger partial charge in [-0.25, -0.2) is 0 Å². The lowest BCUT2D eigenvalue weighted by molar-refractivity contribution is -0.127. The number of likely N-dealkylation sites (tertiary alicyclic amines) is 1. The van der Waals surface area contributed by atoms with Crippen molar-refractivity contribution in [1.82, 2.24) is 9.88 Å². The van der Waals surface area contributed by atoms with E-state index in [4.69, 9.17) is 4.84 Å². The summed E-state index contributed by atoms with van der Waals surface area (Å²) in [6.45, 7) is 1.73. The Bertz CT molecular complexity index is 686. The molecule has 0 radical (unpaired) electrons. The third-order valence-electron chi connectivity index (χ3n) is 3.94. The zero-order chi connectivity index (χ0) is 16.6. The van der Waals surface area contributed by atoms with Crippen LogP contribution < -0.4 is 0 Å². The predicted octanol–water partition coefficient (Wildman–Crippen LogP) is 2.82. The van der Waals surface area contributed by atoms with Gasteiger partial charge in [-0.05, 0) is 23.6 Å². The van der Waals surface area contributed by atoms with Gasteiger partial charge in [0.15, 0.2) is 0 Å². The summed E-state index contributed by atoms with van der Waals surface area (Å²) in [5, 5.41) is 4.31. The van der Waals surface area contributed by atoms with Crippen LogP contribution in [0.4, 0.5) is 0 Å². The molecule has 1 aromatic carbocycles. The van der Waals surface area contributed by atoms with Crippen molar-refractivity contribution in [3.8, 4) is 0 Å². The highest BCUT2D eigenvalue weighted by atomic mass is 16.6. The summed E-state index contributed by atoms with van der Waals surface area (Å²) in [5.41, 5.74) is 2.97. The summed E-state index contributed by atoms with van der Waals surface area (Å²) in [4.78, 5) is 23.4. The maximum atomic E-state index is 11.9. The second-order valence-corrected chi connectivity index (χ2v) is 5.87. The summed E-state index contributed by atoms with van der Waals surface area (Å²) >= 11 is 0. The third-order valence-corrected chi connectivity index (χ3v) is 3.94. The van der Waals surface area contributed by atoms with E-state index in [1.165, 1.54) is 0 Å². The molecule has 5 nitrogen and oxygen atoms in total. The maximum Gasteiger partial charge on any atom is 0.222 e. The van der Waals surface area contributed by atoms with Gasteiger partial charge >= 0.3 is 0 Å². The molecule has 0 saturated carbocycles. The second kappa shape index (κ2) is 8.24. The van der Waals surface area contributed by atoms with Crippen LogP contribution in [-0.2, 0) is 22.7 Å². The SMILES string of the molecule is O=C1CCCN1C/C(Cc1cccnc1)=N/OCc1ccccc1. The average Bonchev–Trinajstić information content (AvgIpc) is 3.01. The lowest BCUT2D eigenvalue weighted by Crippen LogP contribution is -2.31. The molecular weight excluding hydrogens is 302 g/mol. The Hall–Kier alpha value is -2.69. The standard InChI is InChI=1S/C19H21N3O2/c23-19-9-5-11-22(19)14-18(12-17-8-4-10-20-13-17)21-24-15-16-6-2-1-3-7-16/h1-4,6-8,10,13H,5,9,11-12,14-15H2/b21-18+. The fraction of sp³-hybridized carbons (Fsp3) is 0.316. The van der Waals surface area contributed by atoms with Crippen LogP contribution in [0, 0.1) is 0 Å². The van der Waals surface area contributed by atoms with Gasteiger partial charge in [-0.1, -0.05) is 41.6 Å². The molecule has 0 N–H and O–H groups in total. The fourth-order valence-corrected chi connectivity index (χ4v) is 2.72. The van der Waals surface area contributed by atoms with Crippen molar-refractivity contribution < 1.29 is 9.63 Å². The highest BCUT2D eigenvalue weighted by molar-refractivity contribution is 5.91. The van der Waals surface area contributed by atoms with Gasteiger partial charge in [0.1, 0.15) is 6.61 Å². The number of rotatable bonds is 7. The first-order chi connectivity index (χ1) is 11.8. The number of aromatic nitrogens is 1. The number of nitrogens with zero attached hydrogens (tertiary/aromatic N) is 3. The molecule has 124 valence electrons. The van der Waals surface area contributed by atoms with Crippen molar-refractivity contribution in [2.45, 2.75) is 25.9 Å². The molecule has 1 aromatic heterocycles. The van der Waals surface area contributed by atoms with Gasteiger partial charge in [-0.2, -0.15) is 0 Å². The lowest BCUT2D eigenvalue weighted by atomic mass is 10.1. The number of carbonyl (C=O) groups is 1. The summed E-state index contributed by atoms with van der Waals surface area (Å²) in [7, 11) is 0. The zero-order valence-corrected chi connectivity index (χ0v) is 13.6. The molecule has 24 heavy (non-hydrogen) atoms. The fourth-order valence-electron chi connectivity index (χ4n) is 2.72. The largest absolute Gasteiger partial charge is 0.391 e. The van der Waals surface area contributed by atoms with Crippen molar-refractivity contribution in [3.63, 3.8) is 0 Å². The summed E-state index contributed by atoms with van der Waals surface area (Å²) in [6, 6.07) is 13.8. The Morgan fingerprint density at radius 2 is 2.00 bits per heavy atom. The van der Waals surface area contributed by atoms with Gasteiger partial charge in [0, 0.05) is 31.8 Å². The summed E-state index contributed by atoms with van der Waals surface area (Å²) in [6.07, 6.45) is 5.75. The molecule has 0 atom stereocenters. The number of oxime groups is 1. The second-order valence-electron chi connectivity index (χ2n) is 5.87. The van der Waals surface area contributed by atoms with Crippen molar-refractivity contribution in [2.75, 3.05) is 13.1 Å². The Morgan fingerprint density at radius 3 is 2.71 bits per heavy atom. The molecule has 3 rings (SSSR count). The highest BCUT2D eigenvalue weighted by Gasteiger charge is 2.21. The highest BCUT2D eigenvalue weighted by Crippen LogP contribution is 2.11. The monoisotopic (exact) mass is 323 g/mol. The van der Waals surface area contributed by atoms with E-state index in [2.05, 4.69) is 10.1 Å². The van der Waals surface area contributed by atoms with Gasteiger partial charge in [0.2, 0.25) is 5.91 Å². The molecule has 2 aromatic rings. The zero-order valence-electron chi connectivity index (χ0n) is 13.6. The van der Waals surface area contributed by atoms with Crippen LogP contribution in [-0.4, -0.2) is 34.6 Å². The smallest absolute Gasteiger partial charge is 0.222 e. The van der Waals surface area contributed by atoms with Crippen LogP contribution in [0.2, 0.25) is 0 Å². The van der Waals surface area contributed by atoms with Crippen LogP contribution in [0.15, 0.2) is 60.0 Å². The number of hydrogen-bond acceptors (Lipinski definition) is 4. The minimum atomic E-state index is 0.192. The van der Waals surface area contributed by atoms with Crippen LogP contribution >= 0.6 is 0 Å². The van der Waals surface area contributed by atoms with Gasteiger partial charge < -0.3 is 9.74 Å². The molecule has 5 heteroatoms. The van der Waals surface area contributed by atoms with Crippen molar-refractivity contribution in [2.24, 2.45) is 5.16 Å². The van der Waals surface area contributed by atoms with E-state index in [0.717, 1.165) is 29.8 Å². The minimum absolute atomic E-state index is 0.192. The Kier molecular flexibility index (Phi) is 5.56. The predicted molar refractivity (Wildman–Crippen MR) is 92.4 cm³/mol. The van der Waals surface area contributed by atoms with E-state index in [0.29, 0.717) is 26.0 Å². The first kappa shape index (κ1) is 16.2. The van der Waals surface area contributed by atoms with Gasteiger partial charge in [0.05, 0.1) is 12.3 Å². The van der Waals surface area contributed by atoms with E-state index in [1.807, 2.05) is 53.6 Å². The molecule has 0 aliphatic carbocycles. The Labute approximate surface area is 142 Å². The van der Waals surface area contributed by atoms with Gasteiger partial charge in [-0.3, -0.25) is 9.78 Å². The van der Waals surface area contributed by atoms with E-state index in [1.54, 1.807) is 6.20 Å². The van der Waals surface area contributed by atoms with Crippen molar-refractivity contribution >= 4 is 11.6 Å². The maximum absolute atomic E-state index is 11.9.